The zero-order valence-electron chi connectivity index (χ0n) is 15.9. The van der Waals surface area contributed by atoms with Gasteiger partial charge in [-0.05, 0) is 51.8 Å². The molecule has 0 spiro atoms. The minimum atomic E-state index is -0.990. The summed E-state index contributed by atoms with van der Waals surface area (Å²) in [4.78, 5) is 9.73. The fourth-order valence-electron chi connectivity index (χ4n) is 2.22. The average Bonchev–Trinajstić information content (AvgIpc) is 2.49. The van der Waals surface area contributed by atoms with Crippen LogP contribution in [0.2, 0.25) is 0 Å². The van der Waals surface area contributed by atoms with E-state index < -0.39 is 10.8 Å². The Bertz CT molecular complexity index is 753. The Morgan fingerprint density at radius 1 is 1.24 bits per heavy atom. The monoisotopic (exact) mass is 360 g/mol. The molecule has 0 amide bonds. The summed E-state index contributed by atoms with van der Waals surface area (Å²) in [6, 6.07) is 7.70. The van der Waals surface area contributed by atoms with Crippen LogP contribution in [0.5, 0.6) is 0 Å². The van der Waals surface area contributed by atoms with Crippen molar-refractivity contribution >= 4 is 28.3 Å². The third-order valence-electron chi connectivity index (χ3n) is 3.30. The van der Waals surface area contributed by atoms with Gasteiger partial charge < -0.3 is 10.6 Å². The first-order chi connectivity index (χ1) is 11.6. The van der Waals surface area contributed by atoms with Gasteiger partial charge in [0, 0.05) is 33.6 Å². The Labute approximate surface area is 153 Å². The number of rotatable bonds is 6. The number of aromatic nitrogens is 2. The maximum absolute atomic E-state index is 12.4. The molecule has 2 rings (SSSR count). The predicted molar refractivity (Wildman–Crippen MR) is 106 cm³/mol. The second-order valence-corrected chi connectivity index (χ2v) is 9.15. The maximum atomic E-state index is 12.4. The summed E-state index contributed by atoms with van der Waals surface area (Å²) in [7, 11) is -0.990. The molecule has 5 nitrogen and oxygen atoms in total. The molecule has 0 bridgehead atoms. The lowest BCUT2D eigenvalue weighted by molar-refractivity contribution is 0.626. The van der Waals surface area contributed by atoms with Gasteiger partial charge in [-0.15, -0.1) is 0 Å². The van der Waals surface area contributed by atoms with E-state index in [0.717, 1.165) is 22.0 Å². The molecule has 2 N–H and O–H groups in total. The van der Waals surface area contributed by atoms with Crippen LogP contribution in [0.25, 0.3) is 0 Å². The Kier molecular flexibility index (Phi) is 6.16. The zero-order valence-corrected chi connectivity index (χ0v) is 16.7. The Hall–Kier alpha value is -1.95. The van der Waals surface area contributed by atoms with Crippen LogP contribution >= 0.6 is 0 Å². The van der Waals surface area contributed by atoms with Crippen LogP contribution in [-0.4, -0.2) is 25.5 Å². The topological polar surface area (TPSA) is 66.9 Å². The third-order valence-corrected chi connectivity index (χ3v) is 5.05. The minimum absolute atomic E-state index is 0.111. The van der Waals surface area contributed by atoms with Gasteiger partial charge in [0.2, 0.25) is 5.95 Å². The molecular formula is C19H28N4OS. The van der Waals surface area contributed by atoms with Crippen LogP contribution in [0, 0.1) is 12.8 Å². The molecule has 0 fully saturated rings. The second-order valence-electron chi connectivity index (χ2n) is 7.66. The van der Waals surface area contributed by atoms with Gasteiger partial charge in [0.25, 0.3) is 0 Å². The lowest BCUT2D eigenvalue weighted by Gasteiger charge is -2.21. The van der Waals surface area contributed by atoms with Crippen LogP contribution in [0.3, 0.4) is 0 Å². The third kappa shape index (κ3) is 6.12. The standard InChI is InChI=1S/C19H28N4OS/c1-13(2)12-25(24)16-9-7-8-15(10-16)21-17-14(3)11-20-18(22-17)23-19(4,5)6/h7-11,13H,12H2,1-6H3,(H2,20,21,22,23). The SMILES string of the molecule is Cc1cnc(NC(C)(C)C)nc1Nc1cccc(S(=O)CC(C)C)c1. The maximum Gasteiger partial charge on any atom is 0.225 e. The van der Waals surface area contributed by atoms with E-state index in [1.54, 1.807) is 6.20 Å². The normalized spacial score (nSPS) is 12.9. The molecule has 1 atom stereocenters. The molecule has 1 heterocycles. The van der Waals surface area contributed by atoms with Crippen molar-refractivity contribution in [1.29, 1.82) is 0 Å². The average molecular weight is 361 g/mol. The van der Waals surface area contributed by atoms with Crippen LogP contribution in [0.4, 0.5) is 17.5 Å². The number of hydrogen-bond acceptors (Lipinski definition) is 5. The first-order valence-corrected chi connectivity index (χ1v) is 9.83. The quantitative estimate of drug-likeness (QED) is 0.794. The molecule has 0 saturated heterocycles. The number of benzene rings is 1. The van der Waals surface area contributed by atoms with Gasteiger partial charge in [-0.2, -0.15) is 4.98 Å². The summed E-state index contributed by atoms with van der Waals surface area (Å²) in [5.41, 5.74) is 1.71. The number of nitrogens with zero attached hydrogens (tertiary/aromatic N) is 2. The molecule has 0 aliphatic heterocycles. The molecular weight excluding hydrogens is 332 g/mol. The first kappa shape index (κ1) is 19.4. The molecule has 0 aliphatic rings. The van der Waals surface area contributed by atoms with Gasteiger partial charge in [0.1, 0.15) is 5.82 Å². The van der Waals surface area contributed by atoms with E-state index in [9.17, 15) is 4.21 Å². The summed E-state index contributed by atoms with van der Waals surface area (Å²) in [6.45, 7) is 12.3. The molecule has 1 aromatic carbocycles. The predicted octanol–water partition coefficient (Wildman–Crippen LogP) is 4.50. The lowest BCUT2D eigenvalue weighted by atomic mass is 10.1. The fraction of sp³-hybridized carbons (Fsp3) is 0.474. The number of hydrogen-bond donors (Lipinski definition) is 2. The summed E-state index contributed by atoms with van der Waals surface area (Å²) < 4.78 is 12.4. The van der Waals surface area contributed by atoms with E-state index in [0.29, 0.717) is 17.6 Å². The van der Waals surface area contributed by atoms with Crippen LogP contribution in [0.15, 0.2) is 35.4 Å². The first-order valence-electron chi connectivity index (χ1n) is 8.51. The molecule has 25 heavy (non-hydrogen) atoms. The number of aryl methyl sites for hydroxylation is 1. The molecule has 0 saturated carbocycles. The molecule has 6 heteroatoms. The van der Waals surface area contributed by atoms with Gasteiger partial charge in [-0.1, -0.05) is 19.9 Å². The van der Waals surface area contributed by atoms with Gasteiger partial charge >= 0.3 is 0 Å². The summed E-state index contributed by atoms with van der Waals surface area (Å²) in [6.07, 6.45) is 1.80. The van der Waals surface area contributed by atoms with Crippen molar-refractivity contribution in [3.63, 3.8) is 0 Å². The fourth-order valence-corrected chi connectivity index (χ4v) is 3.50. The molecule has 1 aromatic heterocycles. The molecule has 0 radical (unpaired) electrons. The van der Waals surface area contributed by atoms with E-state index in [1.807, 2.05) is 31.2 Å². The van der Waals surface area contributed by atoms with Crippen molar-refractivity contribution in [1.82, 2.24) is 9.97 Å². The van der Waals surface area contributed by atoms with Crippen molar-refractivity contribution in [2.75, 3.05) is 16.4 Å². The van der Waals surface area contributed by atoms with Gasteiger partial charge in [-0.3, -0.25) is 4.21 Å². The largest absolute Gasteiger partial charge is 0.350 e. The van der Waals surface area contributed by atoms with E-state index in [2.05, 4.69) is 55.2 Å². The molecule has 0 aliphatic carbocycles. The van der Waals surface area contributed by atoms with Gasteiger partial charge in [0.05, 0.1) is 10.8 Å². The lowest BCUT2D eigenvalue weighted by Crippen LogP contribution is -2.27. The zero-order chi connectivity index (χ0) is 18.6. The number of nitrogens with one attached hydrogen (secondary N) is 2. The second kappa shape index (κ2) is 7.95. The van der Waals surface area contributed by atoms with Crippen LogP contribution < -0.4 is 10.6 Å². The smallest absolute Gasteiger partial charge is 0.225 e. The molecule has 136 valence electrons. The number of anilines is 3. The highest BCUT2D eigenvalue weighted by molar-refractivity contribution is 7.85. The Morgan fingerprint density at radius 2 is 1.96 bits per heavy atom. The highest BCUT2D eigenvalue weighted by Crippen LogP contribution is 2.22. The molecule has 1 unspecified atom stereocenters. The summed E-state index contributed by atoms with van der Waals surface area (Å²) in [5.74, 6) is 2.39. The van der Waals surface area contributed by atoms with Gasteiger partial charge in [-0.25, -0.2) is 4.98 Å². The van der Waals surface area contributed by atoms with Crippen LogP contribution in [0.1, 0.15) is 40.2 Å². The molecule has 2 aromatic rings. The highest BCUT2D eigenvalue weighted by atomic mass is 32.2. The van der Waals surface area contributed by atoms with E-state index >= 15 is 0 Å². The van der Waals surface area contributed by atoms with Crippen molar-refractivity contribution < 1.29 is 4.21 Å². The van der Waals surface area contributed by atoms with Crippen LogP contribution in [-0.2, 0) is 10.8 Å². The van der Waals surface area contributed by atoms with E-state index in [1.165, 1.54) is 0 Å². The van der Waals surface area contributed by atoms with E-state index in [4.69, 9.17) is 0 Å². The van der Waals surface area contributed by atoms with Crippen molar-refractivity contribution in [3.8, 4) is 0 Å². The van der Waals surface area contributed by atoms with Crippen molar-refractivity contribution in [3.05, 3.63) is 36.0 Å². The van der Waals surface area contributed by atoms with Crippen molar-refractivity contribution in [2.45, 2.75) is 52.0 Å². The summed E-state index contributed by atoms with van der Waals surface area (Å²) >= 11 is 0. The van der Waals surface area contributed by atoms with E-state index in [-0.39, 0.29) is 5.54 Å². The Morgan fingerprint density at radius 3 is 2.60 bits per heavy atom. The summed E-state index contributed by atoms with van der Waals surface area (Å²) in [5, 5.41) is 6.60. The Balaban J connectivity index is 2.22. The van der Waals surface area contributed by atoms with Crippen molar-refractivity contribution in [2.24, 2.45) is 5.92 Å². The highest BCUT2D eigenvalue weighted by Gasteiger charge is 2.13. The van der Waals surface area contributed by atoms with Gasteiger partial charge in [0.15, 0.2) is 0 Å². The minimum Gasteiger partial charge on any atom is -0.350 e.